The molecule has 0 bridgehead atoms. The molecule has 2 aromatic carbocycles. The van der Waals surface area contributed by atoms with Crippen LogP contribution in [0.2, 0.25) is 0 Å². The molecule has 2 aromatic heterocycles. The second kappa shape index (κ2) is 9.65. The zero-order valence-electron chi connectivity index (χ0n) is 17.3. The van der Waals surface area contributed by atoms with Crippen LogP contribution in [0.15, 0.2) is 71.2 Å². The fraction of sp³-hybridized carbons (Fsp3) is 0.0417. The van der Waals surface area contributed by atoms with Gasteiger partial charge in [-0.15, -0.1) is 23.1 Å². The SMILES string of the molecule is CSc1ncccc1C(=O)Nc1nc(-c2cc(C(=O)O)cc(-c3ccc(C#N)cc3)c2)cs1. The van der Waals surface area contributed by atoms with E-state index in [2.05, 4.69) is 21.4 Å². The summed E-state index contributed by atoms with van der Waals surface area (Å²) in [4.78, 5) is 33.1. The number of benzene rings is 2. The van der Waals surface area contributed by atoms with Gasteiger partial charge in [0, 0.05) is 17.1 Å². The minimum Gasteiger partial charge on any atom is -0.478 e. The third kappa shape index (κ3) is 4.92. The molecule has 0 radical (unpaired) electrons. The van der Waals surface area contributed by atoms with Gasteiger partial charge in [0.1, 0.15) is 5.03 Å². The van der Waals surface area contributed by atoms with E-state index < -0.39 is 5.97 Å². The molecule has 33 heavy (non-hydrogen) atoms. The van der Waals surface area contributed by atoms with Crippen LogP contribution in [0.4, 0.5) is 5.13 Å². The van der Waals surface area contributed by atoms with Gasteiger partial charge in [0.05, 0.1) is 28.5 Å². The Morgan fingerprint density at radius 3 is 2.55 bits per heavy atom. The summed E-state index contributed by atoms with van der Waals surface area (Å²) in [5, 5.41) is 24.2. The van der Waals surface area contributed by atoms with Crippen LogP contribution < -0.4 is 5.32 Å². The maximum atomic E-state index is 12.7. The van der Waals surface area contributed by atoms with Crippen LogP contribution in [0.25, 0.3) is 22.4 Å². The van der Waals surface area contributed by atoms with Gasteiger partial charge in [-0.25, -0.2) is 14.8 Å². The molecule has 7 nitrogen and oxygen atoms in total. The number of carbonyl (C=O) groups excluding carboxylic acids is 1. The van der Waals surface area contributed by atoms with Gasteiger partial charge in [-0.2, -0.15) is 5.26 Å². The van der Waals surface area contributed by atoms with Crippen molar-refractivity contribution in [3.05, 3.63) is 82.9 Å². The molecule has 0 aliphatic carbocycles. The van der Waals surface area contributed by atoms with E-state index in [1.165, 1.54) is 23.1 Å². The molecule has 4 rings (SSSR count). The third-order valence-corrected chi connectivity index (χ3v) is 6.23. The predicted molar refractivity (Wildman–Crippen MR) is 129 cm³/mol. The molecule has 0 atom stereocenters. The molecule has 4 aromatic rings. The molecule has 0 saturated heterocycles. The number of nitriles is 1. The number of thiazole rings is 1. The Labute approximate surface area is 197 Å². The number of carboxylic acids is 1. The minimum absolute atomic E-state index is 0.116. The normalized spacial score (nSPS) is 10.4. The van der Waals surface area contributed by atoms with Crippen LogP contribution in [0.1, 0.15) is 26.3 Å². The Kier molecular flexibility index (Phi) is 6.49. The molecule has 0 aliphatic heterocycles. The van der Waals surface area contributed by atoms with Gasteiger partial charge in [-0.3, -0.25) is 10.1 Å². The molecule has 9 heteroatoms. The van der Waals surface area contributed by atoms with Gasteiger partial charge < -0.3 is 5.11 Å². The molecule has 162 valence electrons. The number of anilines is 1. The van der Waals surface area contributed by atoms with Crippen LogP contribution in [-0.2, 0) is 0 Å². The Bertz CT molecular complexity index is 1390. The van der Waals surface area contributed by atoms with Crippen molar-refractivity contribution in [3.8, 4) is 28.5 Å². The quantitative estimate of drug-likeness (QED) is 0.360. The number of carbonyl (C=O) groups is 2. The highest BCUT2D eigenvalue weighted by atomic mass is 32.2. The fourth-order valence-electron chi connectivity index (χ4n) is 3.16. The Morgan fingerprint density at radius 2 is 1.85 bits per heavy atom. The molecule has 0 saturated carbocycles. The molecule has 1 amide bonds. The number of thioether (sulfide) groups is 1. The first-order chi connectivity index (χ1) is 16.0. The lowest BCUT2D eigenvalue weighted by atomic mass is 9.98. The molecule has 0 unspecified atom stereocenters. The van der Waals surface area contributed by atoms with Crippen LogP contribution in [0.3, 0.4) is 0 Å². The minimum atomic E-state index is -1.06. The first kappa shape index (κ1) is 22.2. The number of hydrogen-bond acceptors (Lipinski definition) is 7. The van der Waals surface area contributed by atoms with E-state index in [4.69, 9.17) is 5.26 Å². The van der Waals surface area contributed by atoms with Gasteiger partial charge in [-0.05, 0) is 59.8 Å². The van der Waals surface area contributed by atoms with Crippen molar-refractivity contribution >= 4 is 40.1 Å². The molecular weight excluding hydrogens is 456 g/mol. The van der Waals surface area contributed by atoms with E-state index in [1.807, 2.05) is 12.3 Å². The second-order valence-electron chi connectivity index (χ2n) is 6.85. The number of amides is 1. The summed E-state index contributed by atoms with van der Waals surface area (Å²) in [5.74, 6) is -1.37. The first-order valence-electron chi connectivity index (χ1n) is 9.63. The van der Waals surface area contributed by atoms with Gasteiger partial charge >= 0.3 is 5.97 Å². The highest BCUT2D eigenvalue weighted by Crippen LogP contribution is 2.31. The summed E-state index contributed by atoms with van der Waals surface area (Å²) in [6, 6.07) is 17.3. The smallest absolute Gasteiger partial charge is 0.335 e. The average molecular weight is 473 g/mol. The van der Waals surface area contributed by atoms with E-state index in [0.29, 0.717) is 38.1 Å². The second-order valence-corrected chi connectivity index (χ2v) is 8.50. The number of aromatic carboxylic acids is 1. The third-order valence-electron chi connectivity index (χ3n) is 4.76. The predicted octanol–water partition coefficient (Wildman–Crippen LogP) is 5.42. The molecule has 0 fully saturated rings. The van der Waals surface area contributed by atoms with Crippen molar-refractivity contribution in [1.29, 1.82) is 5.26 Å². The van der Waals surface area contributed by atoms with Crippen molar-refractivity contribution in [1.82, 2.24) is 9.97 Å². The number of nitrogens with one attached hydrogen (secondary N) is 1. The van der Waals surface area contributed by atoms with Crippen LogP contribution >= 0.6 is 23.1 Å². The molecule has 2 heterocycles. The lowest BCUT2D eigenvalue weighted by Crippen LogP contribution is -2.13. The molecule has 0 aliphatic rings. The van der Waals surface area contributed by atoms with Crippen LogP contribution in [0, 0.1) is 11.3 Å². The Morgan fingerprint density at radius 1 is 1.09 bits per heavy atom. The summed E-state index contributed by atoms with van der Waals surface area (Å²) in [6.07, 6.45) is 3.48. The Hall–Kier alpha value is -4.00. The van der Waals surface area contributed by atoms with E-state index in [0.717, 1.165) is 5.56 Å². The first-order valence-corrected chi connectivity index (χ1v) is 11.7. The highest BCUT2D eigenvalue weighted by Gasteiger charge is 2.16. The van der Waals surface area contributed by atoms with E-state index in [9.17, 15) is 14.7 Å². The van der Waals surface area contributed by atoms with Gasteiger partial charge in [0.2, 0.25) is 0 Å². The highest BCUT2D eigenvalue weighted by molar-refractivity contribution is 7.98. The van der Waals surface area contributed by atoms with Crippen LogP contribution in [0.5, 0.6) is 0 Å². The van der Waals surface area contributed by atoms with E-state index >= 15 is 0 Å². The van der Waals surface area contributed by atoms with Crippen LogP contribution in [-0.4, -0.2) is 33.2 Å². The maximum absolute atomic E-state index is 12.7. The number of nitrogens with zero attached hydrogens (tertiary/aromatic N) is 3. The van der Waals surface area contributed by atoms with Crippen molar-refractivity contribution in [2.24, 2.45) is 0 Å². The summed E-state index contributed by atoms with van der Waals surface area (Å²) < 4.78 is 0. The number of aromatic nitrogens is 2. The molecule has 0 spiro atoms. The summed E-state index contributed by atoms with van der Waals surface area (Å²) in [5.41, 5.74) is 3.72. The number of carboxylic acid groups (broad SMARTS) is 1. The van der Waals surface area contributed by atoms with Crippen molar-refractivity contribution < 1.29 is 14.7 Å². The topological polar surface area (TPSA) is 116 Å². The van der Waals surface area contributed by atoms with Gasteiger partial charge in [0.15, 0.2) is 5.13 Å². The lowest BCUT2D eigenvalue weighted by molar-refractivity contribution is 0.0696. The van der Waals surface area contributed by atoms with E-state index in [-0.39, 0.29) is 11.5 Å². The number of rotatable bonds is 6. The van der Waals surface area contributed by atoms with Crippen molar-refractivity contribution in [2.75, 3.05) is 11.6 Å². The fourth-order valence-corrected chi connectivity index (χ4v) is 4.42. The van der Waals surface area contributed by atoms with E-state index in [1.54, 1.807) is 60.1 Å². The standard InChI is InChI=1S/C24H16N4O3S2/c1-32-22-19(3-2-8-26-22)21(29)28-24-27-20(13-33-24)17-9-16(10-18(11-17)23(30)31)15-6-4-14(12-25)5-7-15/h2-11,13H,1H3,(H,30,31)(H,27,28,29). The zero-order valence-corrected chi connectivity index (χ0v) is 18.9. The zero-order chi connectivity index (χ0) is 23.4. The number of pyridine rings is 1. The molecular formula is C24H16N4O3S2. The van der Waals surface area contributed by atoms with Gasteiger partial charge in [-0.1, -0.05) is 12.1 Å². The average Bonchev–Trinajstić information content (AvgIpc) is 3.32. The summed E-state index contributed by atoms with van der Waals surface area (Å²) >= 11 is 2.63. The molecule has 2 N–H and O–H groups in total. The monoisotopic (exact) mass is 472 g/mol. The number of hydrogen-bond donors (Lipinski definition) is 2. The maximum Gasteiger partial charge on any atom is 0.335 e. The van der Waals surface area contributed by atoms with Gasteiger partial charge in [0.25, 0.3) is 5.91 Å². The van der Waals surface area contributed by atoms with Crippen molar-refractivity contribution in [2.45, 2.75) is 5.03 Å². The summed E-state index contributed by atoms with van der Waals surface area (Å²) in [6.45, 7) is 0. The van der Waals surface area contributed by atoms with Crippen molar-refractivity contribution in [3.63, 3.8) is 0 Å². The lowest BCUT2D eigenvalue weighted by Gasteiger charge is -2.07. The Balaban J connectivity index is 1.65. The summed E-state index contributed by atoms with van der Waals surface area (Å²) in [7, 11) is 0. The largest absolute Gasteiger partial charge is 0.478 e.